The summed E-state index contributed by atoms with van der Waals surface area (Å²) >= 11 is 0. The topological polar surface area (TPSA) is 44.9 Å². The first-order valence-corrected chi connectivity index (χ1v) is 17.3. The molecule has 0 fully saturated rings. The van der Waals surface area contributed by atoms with Crippen LogP contribution < -0.4 is 4.74 Å². The monoisotopic (exact) mass is 825 g/mol. The van der Waals surface area contributed by atoms with E-state index in [-0.39, 0.29) is 21.1 Å². The van der Waals surface area contributed by atoms with Crippen molar-refractivity contribution in [2.45, 2.75) is 73.1 Å². The number of benzene rings is 4. The van der Waals surface area contributed by atoms with Crippen LogP contribution >= 0.6 is 0 Å². The van der Waals surface area contributed by atoms with Crippen LogP contribution in [0.25, 0.3) is 44.4 Å². The average Bonchev–Trinajstić information content (AvgIpc) is 3.72. The standard InChI is InChI=1S/C43H42N4O.Pt/c1-6-13-31-24-30(8-3)43(36(9-4)37(31)14-7-2)32-27-45-46(28-32)33-15-12-16-34(25-33)48-35-19-20-39-38-17-10-11-18-40(38)47(41(39)26-35)42-23-29(5)21-22-44-42;/h10-12,15-24,27-28H,6-9,13-14H2,1-5H3;/q-2;+2. The molecule has 0 saturated carbocycles. The summed E-state index contributed by atoms with van der Waals surface area (Å²) in [6, 6.07) is 32.0. The first kappa shape index (κ1) is 34.4. The molecule has 0 amide bonds. The predicted octanol–water partition coefficient (Wildman–Crippen LogP) is 10.8. The molecule has 0 unspecified atom stereocenters. The first-order chi connectivity index (χ1) is 23.5. The van der Waals surface area contributed by atoms with E-state index in [9.17, 15) is 0 Å². The quantitative estimate of drug-likeness (QED) is 0.122. The minimum Gasteiger partial charge on any atom is -0.509 e. The Kier molecular flexibility index (Phi) is 10.5. The van der Waals surface area contributed by atoms with Crippen molar-refractivity contribution >= 4 is 21.8 Å². The van der Waals surface area contributed by atoms with Gasteiger partial charge in [-0.05, 0) is 95.3 Å². The number of fused-ring (bicyclic) bond motifs is 3. The smallest absolute Gasteiger partial charge is 0.509 e. The molecule has 0 aliphatic carbocycles. The van der Waals surface area contributed by atoms with Gasteiger partial charge in [-0.15, -0.1) is 35.7 Å². The second kappa shape index (κ2) is 15.0. The molecule has 49 heavy (non-hydrogen) atoms. The van der Waals surface area contributed by atoms with Gasteiger partial charge in [0.05, 0.1) is 6.20 Å². The van der Waals surface area contributed by atoms with E-state index < -0.39 is 0 Å². The third-order valence-corrected chi connectivity index (χ3v) is 9.25. The number of para-hydroxylation sites is 1. The molecular formula is C43H42N4OPt. The van der Waals surface area contributed by atoms with Crippen LogP contribution in [-0.4, -0.2) is 19.3 Å². The number of ether oxygens (including phenoxy) is 1. The van der Waals surface area contributed by atoms with Gasteiger partial charge in [-0.25, -0.2) is 4.98 Å². The van der Waals surface area contributed by atoms with Crippen LogP contribution in [0, 0.1) is 19.1 Å². The van der Waals surface area contributed by atoms with E-state index in [0.29, 0.717) is 11.5 Å². The van der Waals surface area contributed by atoms with Gasteiger partial charge in [-0.3, -0.25) is 4.68 Å². The Balaban J connectivity index is 0.00000417. The number of aryl methyl sites for hydroxylation is 3. The van der Waals surface area contributed by atoms with Crippen molar-refractivity contribution in [3.63, 3.8) is 0 Å². The molecule has 3 heterocycles. The maximum atomic E-state index is 6.42. The number of hydrogen-bond donors (Lipinski definition) is 0. The number of nitrogens with zero attached hydrogens (tertiary/aromatic N) is 4. The van der Waals surface area contributed by atoms with E-state index in [4.69, 9.17) is 14.8 Å². The molecular weight excluding hydrogens is 784 g/mol. The summed E-state index contributed by atoms with van der Waals surface area (Å²) in [7, 11) is 0. The second-order valence-electron chi connectivity index (χ2n) is 12.5. The summed E-state index contributed by atoms with van der Waals surface area (Å²) < 4.78 is 10.5. The summed E-state index contributed by atoms with van der Waals surface area (Å²) in [5, 5.41) is 7.08. The minimum atomic E-state index is 0. The molecule has 0 bridgehead atoms. The zero-order chi connectivity index (χ0) is 33.2. The van der Waals surface area contributed by atoms with Crippen molar-refractivity contribution in [3.05, 3.63) is 131 Å². The fraction of sp³-hybridized carbons (Fsp3) is 0.256. The van der Waals surface area contributed by atoms with Crippen LogP contribution in [0.5, 0.6) is 11.5 Å². The van der Waals surface area contributed by atoms with Gasteiger partial charge in [-0.2, -0.15) is 17.2 Å². The van der Waals surface area contributed by atoms with Crippen molar-refractivity contribution < 1.29 is 25.8 Å². The number of pyridine rings is 1. The zero-order valence-electron chi connectivity index (χ0n) is 28.9. The van der Waals surface area contributed by atoms with Gasteiger partial charge in [0.1, 0.15) is 5.82 Å². The van der Waals surface area contributed by atoms with Crippen LogP contribution in [0.3, 0.4) is 0 Å². The van der Waals surface area contributed by atoms with E-state index in [2.05, 4.69) is 100.0 Å². The third-order valence-electron chi connectivity index (χ3n) is 9.25. The van der Waals surface area contributed by atoms with E-state index in [1.807, 2.05) is 47.4 Å². The Morgan fingerprint density at radius 3 is 2.35 bits per heavy atom. The Hall–Kier alpha value is -4.47. The largest absolute Gasteiger partial charge is 2.00 e. The van der Waals surface area contributed by atoms with Gasteiger partial charge in [0.2, 0.25) is 0 Å². The molecule has 7 aromatic rings. The summed E-state index contributed by atoms with van der Waals surface area (Å²) in [6.07, 6.45) is 12.5. The van der Waals surface area contributed by atoms with Crippen molar-refractivity contribution in [2.24, 2.45) is 0 Å². The molecule has 0 aliphatic rings. The van der Waals surface area contributed by atoms with Gasteiger partial charge in [0, 0.05) is 35.0 Å². The second-order valence-corrected chi connectivity index (χ2v) is 12.5. The molecule has 0 N–H and O–H groups in total. The Labute approximate surface area is 304 Å². The van der Waals surface area contributed by atoms with E-state index in [1.54, 1.807) is 0 Å². The molecule has 250 valence electrons. The van der Waals surface area contributed by atoms with Crippen molar-refractivity contribution in [1.29, 1.82) is 0 Å². The van der Waals surface area contributed by atoms with E-state index in [1.165, 1.54) is 27.8 Å². The molecule has 0 atom stereocenters. The van der Waals surface area contributed by atoms with Crippen molar-refractivity contribution in [2.75, 3.05) is 0 Å². The number of rotatable bonds is 11. The van der Waals surface area contributed by atoms with Crippen LogP contribution in [0.1, 0.15) is 68.4 Å². The average molecular weight is 826 g/mol. The Bertz CT molecular complexity index is 2250. The number of hydrogen-bond acceptors (Lipinski definition) is 3. The maximum Gasteiger partial charge on any atom is 2.00 e. The molecule has 6 heteroatoms. The minimum absolute atomic E-state index is 0. The summed E-state index contributed by atoms with van der Waals surface area (Å²) in [5.41, 5.74) is 12.4. The maximum absolute atomic E-state index is 6.42. The fourth-order valence-corrected chi connectivity index (χ4v) is 7.14. The molecule has 3 aromatic heterocycles. The van der Waals surface area contributed by atoms with Gasteiger partial charge in [0.15, 0.2) is 0 Å². The molecule has 0 aliphatic heterocycles. The normalized spacial score (nSPS) is 11.3. The fourth-order valence-electron chi connectivity index (χ4n) is 7.14. The summed E-state index contributed by atoms with van der Waals surface area (Å²) in [5.74, 6) is 2.08. The van der Waals surface area contributed by atoms with Gasteiger partial charge in [0.25, 0.3) is 0 Å². The van der Waals surface area contributed by atoms with Crippen LogP contribution in [0.15, 0.2) is 91.4 Å². The van der Waals surface area contributed by atoms with Crippen LogP contribution in [-0.2, 0) is 46.7 Å². The SMILES string of the molecule is CCCc1cc(CC)c(-c2cnn(-c3[c-]c(Oc4[c-]c5c(cc4)c4ccccc4n5-c4cc(C)ccn4)ccc3)c2)c(CC)c1CCC.[Pt+2]. The van der Waals surface area contributed by atoms with E-state index >= 15 is 0 Å². The third kappa shape index (κ3) is 6.62. The summed E-state index contributed by atoms with van der Waals surface area (Å²) in [6.45, 7) is 11.2. The van der Waals surface area contributed by atoms with Crippen molar-refractivity contribution in [3.8, 4) is 34.1 Å². The van der Waals surface area contributed by atoms with Crippen LogP contribution in [0.4, 0.5) is 0 Å². The summed E-state index contributed by atoms with van der Waals surface area (Å²) in [4.78, 5) is 4.70. The van der Waals surface area contributed by atoms with Gasteiger partial charge in [-0.1, -0.05) is 70.3 Å². The van der Waals surface area contributed by atoms with Crippen LogP contribution in [0.2, 0.25) is 0 Å². The molecule has 0 radical (unpaired) electrons. The van der Waals surface area contributed by atoms with Gasteiger partial charge < -0.3 is 9.30 Å². The molecule has 7 rings (SSSR count). The molecule has 5 nitrogen and oxygen atoms in total. The zero-order valence-corrected chi connectivity index (χ0v) is 31.2. The molecule has 4 aromatic carbocycles. The number of aromatic nitrogens is 4. The molecule has 0 saturated heterocycles. The Morgan fingerprint density at radius 2 is 1.57 bits per heavy atom. The van der Waals surface area contributed by atoms with Gasteiger partial charge >= 0.3 is 21.1 Å². The first-order valence-electron chi connectivity index (χ1n) is 17.3. The van der Waals surface area contributed by atoms with E-state index in [0.717, 1.165) is 83.0 Å². The van der Waals surface area contributed by atoms with Crippen molar-refractivity contribution in [1.82, 2.24) is 19.3 Å². The Morgan fingerprint density at radius 1 is 0.755 bits per heavy atom. The predicted molar refractivity (Wildman–Crippen MR) is 197 cm³/mol. The molecule has 0 spiro atoms.